The lowest BCUT2D eigenvalue weighted by atomic mass is 9.83. The molecule has 28 heteroatoms. The number of fused-ring (bicyclic) bond motifs is 18. The summed E-state index contributed by atoms with van der Waals surface area (Å²) in [7, 11) is 0. The van der Waals surface area contributed by atoms with Crippen molar-refractivity contribution < 1.29 is 4.79 Å². The third kappa shape index (κ3) is 15.8. The van der Waals surface area contributed by atoms with Gasteiger partial charge in [-0.15, -0.1) is 10.2 Å². The number of Topliss-reactive ketones (excluding diaryl/α,β-unsaturated/α-hetero) is 1. The van der Waals surface area contributed by atoms with Crippen LogP contribution in [0.5, 0.6) is 0 Å². The number of hydrogen-bond donors (Lipinski definition) is 0. The Morgan fingerprint density at radius 3 is 1.28 bits per heavy atom. The zero-order chi connectivity index (χ0) is 86.6. The molecule has 17 aromatic rings. The van der Waals surface area contributed by atoms with E-state index in [9.17, 15) is 28.8 Å². The molecule has 1 unspecified atom stereocenters. The molecule has 28 nitrogen and oxygen atoms in total. The molecule has 18 rings (SSSR count). The zero-order valence-electron chi connectivity index (χ0n) is 73.2. The van der Waals surface area contributed by atoms with Crippen molar-refractivity contribution in [2.24, 2.45) is 5.92 Å². The largest absolute Gasteiger partial charge is 0.293 e. The Balaban J connectivity index is 0.000000124. The van der Waals surface area contributed by atoms with E-state index in [1.165, 1.54) is 17.5 Å². The van der Waals surface area contributed by atoms with Gasteiger partial charge in [0, 0.05) is 103 Å². The number of imidazole rings is 4. The number of carbonyl (C=O) groups is 1. The van der Waals surface area contributed by atoms with Gasteiger partial charge in [0.2, 0.25) is 28.9 Å². The minimum Gasteiger partial charge on any atom is -0.293 e. The van der Waals surface area contributed by atoms with E-state index in [2.05, 4.69) is 164 Å². The van der Waals surface area contributed by atoms with Crippen LogP contribution in [-0.4, -0.2) is 110 Å². The molecular weight excluding hydrogens is 1510 g/mol. The van der Waals surface area contributed by atoms with Gasteiger partial charge < -0.3 is 0 Å². The first-order chi connectivity index (χ1) is 57.0. The predicted octanol–water partition coefficient (Wildman–Crippen LogP) is 17.7. The highest BCUT2D eigenvalue weighted by Crippen LogP contribution is 2.37. The SMILES string of the molecule is CC(C)c1cc2c(=O)n(C(C)C)c3nccn3c2cn1.CC(C)c1ccc2c(c1)C(=O)C(C(C)C)c1nncn1-2.CC(C)c1ccc2c(c1)c(=O)n(C(C)C)c1nccn21.CC(C)c1ccc2c(c1)c(=O)n(C(C)C)c1ncnn21.CC(C)c1ccc2c(n1)c(=O)n(C(C)C)c1nccn21.CC(C)c1cnc2c(c1)c(=O)n(C(C)C)c1nccn21. The molecule has 1 aliphatic heterocycles. The van der Waals surface area contributed by atoms with Gasteiger partial charge in [-0.05, 0) is 194 Å². The molecule has 1 aliphatic rings. The maximum atomic E-state index is 12.8. The van der Waals surface area contributed by atoms with Crippen molar-refractivity contribution in [3.05, 3.63) is 250 Å². The molecule has 0 fully saturated rings. The van der Waals surface area contributed by atoms with E-state index in [1.807, 2.05) is 189 Å². The highest BCUT2D eigenvalue weighted by atomic mass is 16.2. The van der Waals surface area contributed by atoms with Crippen LogP contribution in [0.15, 0.2) is 177 Å². The second-order valence-corrected chi connectivity index (χ2v) is 34.5. The first kappa shape index (κ1) is 85.1. The number of hydrogen-bond acceptors (Lipinski definition) is 17. The summed E-state index contributed by atoms with van der Waals surface area (Å²) >= 11 is 0. The van der Waals surface area contributed by atoms with Crippen molar-refractivity contribution in [1.29, 1.82) is 0 Å². The Hall–Kier alpha value is -12.8. The number of benzene rings is 3. The molecule has 1 atom stereocenters. The van der Waals surface area contributed by atoms with Gasteiger partial charge in [-0.2, -0.15) is 14.6 Å². The quantitative estimate of drug-likeness (QED) is 0.110. The monoisotopic (exact) mass is 1620 g/mol. The van der Waals surface area contributed by atoms with Gasteiger partial charge in [0.15, 0.2) is 16.9 Å². The average molecular weight is 1620 g/mol. The van der Waals surface area contributed by atoms with E-state index < -0.39 is 0 Å². The normalized spacial score (nSPS) is 13.0. The van der Waals surface area contributed by atoms with Crippen LogP contribution in [0.2, 0.25) is 0 Å². The Morgan fingerprint density at radius 2 is 0.775 bits per heavy atom. The fourth-order valence-electron chi connectivity index (χ4n) is 15.4. The molecule has 0 saturated carbocycles. The van der Waals surface area contributed by atoms with E-state index in [1.54, 1.807) is 64.7 Å². The fraction of sp³-hybridized carbons (Fsp3) is 0.402. The van der Waals surface area contributed by atoms with Crippen molar-refractivity contribution in [3.8, 4) is 5.69 Å². The summed E-state index contributed by atoms with van der Waals surface area (Å²) in [6, 6.07) is 26.3. The standard InChI is InChI=1S/2C16H19N3O.4C15H18N4O/c1-9(2)11-5-6-13-12(7-11)15(20)14(10(3)4)16-18-17-8-19(13)16;1-10(2)12-5-6-14-13(9-12)15(20)19(11(3)4)16-17-7-8-18(14)16;1-9(2)12-7-11-13(8-17-12)18-6-5-16-15(18)19(10(3)4)14(11)20;1-9(2)11-7-12-13(17-8-11)18-6-5-16-15(18)19(10(3)4)14(12)20;1-9(2)11-5-6-13-12(7-11)14(20)18(10(3)4)15-16-8-17-19(13)15;1-9(2)11-5-6-12-13(17-11)14(20)19(10(3)4)15-16-7-8-18(12)15/h5-10,14H,1-4H3;5-11H,1-4H3;4*5-10H,1-4H3. The van der Waals surface area contributed by atoms with E-state index in [4.69, 9.17) is 0 Å². The van der Waals surface area contributed by atoms with Crippen molar-refractivity contribution in [1.82, 2.24) is 105 Å². The molecular formula is C92H110N22O6. The lowest BCUT2D eigenvalue weighted by Gasteiger charge is -2.27. The first-order valence-corrected chi connectivity index (χ1v) is 41.6. The van der Waals surface area contributed by atoms with Crippen LogP contribution in [-0.2, 0) is 0 Å². The van der Waals surface area contributed by atoms with Gasteiger partial charge in [0.05, 0.1) is 61.4 Å². The minimum atomic E-state index is -0.201. The number of ketones is 1. The van der Waals surface area contributed by atoms with Crippen molar-refractivity contribution in [2.75, 3.05) is 0 Å². The lowest BCUT2D eigenvalue weighted by molar-refractivity contribution is 0.0926. The molecule has 15 heterocycles. The molecule has 3 aromatic carbocycles. The van der Waals surface area contributed by atoms with Gasteiger partial charge in [-0.3, -0.25) is 78.8 Å². The smallest absolute Gasteiger partial charge is 0.281 e. The molecule has 0 amide bonds. The Kier molecular flexibility index (Phi) is 24.3. The third-order valence-corrected chi connectivity index (χ3v) is 22.1. The van der Waals surface area contributed by atoms with Crippen LogP contribution in [0.4, 0.5) is 0 Å². The van der Waals surface area contributed by atoms with Crippen molar-refractivity contribution in [3.63, 3.8) is 0 Å². The second-order valence-electron chi connectivity index (χ2n) is 34.5. The maximum Gasteiger partial charge on any atom is 0.281 e. The van der Waals surface area contributed by atoms with E-state index in [0.29, 0.717) is 91.7 Å². The molecule has 624 valence electrons. The van der Waals surface area contributed by atoms with Gasteiger partial charge in [0.1, 0.15) is 18.5 Å². The Bertz CT molecular complexity index is 6200. The topological polar surface area (TPSA) is 296 Å². The van der Waals surface area contributed by atoms with E-state index in [0.717, 1.165) is 67.0 Å². The van der Waals surface area contributed by atoms with Crippen LogP contribution in [0.3, 0.4) is 0 Å². The maximum absolute atomic E-state index is 12.8. The van der Waals surface area contributed by atoms with E-state index >= 15 is 0 Å². The van der Waals surface area contributed by atoms with Crippen molar-refractivity contribution >= 4 is 89.4 Å². The number of carbonyl (C=O) groups excluding carboxylic acids is 1. The summed E-state index contributed by atoms with van der Waals surface area (Å²) in [6.45, 7) is 49.3. The number of rotatable bonds is 12. The summed E-state index contributed by atoms with van der Waals surface area (Å²) in [6.07, 6.45) is 21.1. The van der Waals surface area contributed by atoms with E-state index in [-0.39, 0.29) is 75.6 Å². The van der Waals surface area contributed by atoms with Crippen LogP contribution in [0.25, 0.3) is 89.4 Å². The van der Waals surface area contributed by atoms with Crippen molar-refractivity contribution in [2.45, 2.75) is 238 Å². The minimum absolute atomic E-state index is 0.00185. The molecule has 0 saturated heterocycles. The molecule has 0 radical (unpaired) electrons. The highest BCUT2D eigenvalue weighted by Gasteiger charge is 2.37. The van der Waals surface area contributed by atoms with Crippen LogP contribution < -0.4 is 27.8 Å². The average Bonchev–Trinajstić information content (AvgIpc) is 1.48. The summed E-state index contributed by atoms with van der Waals surface area (Å²) in [5, 5.41) is 15.2. The fourth-order valence-corrected chi connectivity index (χ4v) is 15.4. The third-order valence-electron chi connectivity index (χ3n) is 22.1. The number of nitrogens with zero attached hydrogens (tertiary/aromatic N) is 22. The molecule has 0 spiro atoms. The molecule has 14 aromatic heterocycles. The summed E-state index contributed by atoms with van der Waals surface area (Å²) in [4.78, 5) is 111. The second kappa shape index (κ2) is 34.3. The molecule has 0 N–H and O–H groups in total. The predicted molar refractivity (Wildman–Crippen MR) is 476 cm³/mol. The van der Waals surface area contributed by atoms with Crippen LogP contribution >= 0.6 is 0 Å². The summed E-state index contributed by atoms with van der Waals surface area (Å²) in [5.74, 6) is 6.34. The Morgan fingerprint density at radius 1 is 0.350 bits per heavy atom. The van der Waals surface area contributed by atoms with Gasteiger partial charge >= 0.3 is 0 Å². The van der Waals surface area contributed by atoms with Gasteiger partial charge in [-0.1, -0.05) is 115 Å². The zero-order valence-corrected chi connectivity index (χ0v) is 73.2. The molecule has 0 bridgehead atoms. The summed E-state index contributed by atoms with van der Waals surface area (Å²) in [5.41, 5.74) is 12.6. The number of aromatic nitrogens is 22. The molecule has 120 heavy (non-hydrogen) atoms. The highest BCUT2D eigenvalue weighted by molar-refractivity contribution is 6.05. The Labute approximate surface area is 695 Å². The van der Waals surface area contributed by atoms with Crippen LogP contribution in [0.1, 0.15) is 288 Å². The van der Waals surface area contributed by atoms with Crippen LogP contribution in [0, 0.1) is 5.92 Å². The lowest BCUT2D eigenvalue weighted by Crippen LogP contribution is -2.28. The molecule has 0 aliphatic carbocycles. The number of pyridine rings is 3. The summed E-state index contributed by atoms with van der Waals surface area (Å²) < 4.78 is 20.0. The van der Waals surface area contributed by atoms with Gasteiger partial charge in [0.25, 0.3) is 27.8 Å². The first-order valence-electron chi connectivity index (χ1n) is 41.6. The van der Waals surface area contributed by atoms with Gasteiger partial charge in [-0.25, -0.2) is 29.9 Å².